The SMILES string of the molecule is CCC(CC)(CC(=O)N(CCOC)CC(C)C)C(=O)O. The molecular weight excluding hydrogens is 258 g/mol. The van der Waals surface area contributed by atoms with Gasteiger partial charge in [-0.1, -0.05) is 27.7 Å². The molecule has 0 heterocycles. The molecular formula is C15H29NO4. The summed E-state index contributed by atoms with van der Waals surface area (Å²) in [4.78, 5) is 25.6. The second-order valence-electron chi connectivity index (χ2n) is 5.70. The Kier molecular flexibility index (Phi) is 8.46. The molecule has 0 fully saturated rings. The van der Waals surface area contributed by atoms with Crippen molar-refractivity contribution in [2.75, 3.05) is 26.8 Å². The first-order valence-electron chi connectivity index (χ1n) is 7.33. The molecule has 20 heavy (non-hydrogen) atoms. The maximum Gasteiger partial charge on any atom is 0.310 e. The molecule has 1 N–H and O–H groups in total. The van der Waals surface area contributed by atoms with Crippen molar-refractivity contribution >= 4 is 11.9 Å². The van der Waals surface area contributed by atoms with Gasteiger partial charge in [0.1, 0.15) is 0 Å². The predicted octanol–water partition coefficient (Wildman–Crippen LogP) is 2.40. The van der Waals surface area contributed by atoms with Crippen LogP contribution in [-0.2, 0) is 14.3 Å². The monoisotopic (exact) mass is 287 g/mol. The van der Waals surface area contributed by atoms with E-state index in [4.69, 9.17) is 4.74 Å². The summed E-state index contributed by atoms with van der Waals surface area (Å²) in [5, 5.41) is 9.42. The lowest BCUT2D eigenvalue weighted by molar-refractivity contribution is -0.154. The van der Waals surface area contributed by atoms with Crippen molar-refractivity contribution in [1.29, 1.82) is 0 Å². The van der Waals surface area contributed by atoms with Crippen LogP contribution in [0.4, 0.5) is 0 Å². The summed E-state index contributed by atoms with van der Waals surface area (Å²) < 4.78 is 5.02. The zero-order chi connectivity index (χ0) is 15.8. The lowest BCUT2D eigenvalue weighted by Crippen LogP contribution is -2.42. The van der Waals surface area contributed by atoms with Crippen LogP contribution in [0.15, 0.2) is 0 Å². The van der Waals surface area contributed by atoms with Gasteiger partial charge in [-0.05, 0) is 18.8 Å². The number of aliphatic carboxylic acids is 1. The van der Waals surface area contributed by atoms with Crippen molar-refractivity contribution < 1.29 is 19.4 Å². The maximum atomic E-state index is 12.4. The van der Waals surface area contributed by atoms with Gasteiger partial charge in [-0.2, -0.15) is 0 Å². The molecule has 0 aliphatic rings. The summed E-state index contributed by atoms with van der Waals surface area (Å²) in [7, 11) is 1.59. The van der Waals surface area contributed by atoms with E-state index in [-0.39, 0.29) is 12.3 Å². The molecule has 1 amide bonds. The minimum Gasteiger partial charge on any atom is -0.481 e. The lowest BCUT2D eigenvalue weighted by Gasteiger charge is -2.31. The summed E-state index contributed by atoms with van der Waals surface area (Å²) in [6.45, 7) is 9.34. The fourth-order valence-corrected chi connectivity index (χ4v) is 2.24. The van der Waals surface area contributed by atoms with Crippen molar-refractivity contribution in [2.45, 2.75) is 47.0 Å². The minimum atomic E-state index is -0.945. The number of rotatable bonds is 10. The van der Waals surface area contributed by atoms with Gasteiger partial charge in [0.2, 0.25) is 5.91 Å². The first-order chi connectivity index (χ1) is 9.32. The van der Waals surface area contributed by atoms with E-state index in [9.17, 15) is 14.7 Å². The minimum absolute atomic E-state index is 0.0613. The van der Waals surface area contributed by atoms with Crippen LogP contribution in [0.3, 0.4) is 0 Å². The molecule has 0 aromatic carbocycles. The van der Waals surface area contributed by atoms with Gasteiger partial charge in [-0.15, -0.1) is 0 Å². The Balaban J connectivity index is 4.91. The Hall–Kier alpha value is -1.10. The fourth-order valence-electron chi connectivity index (χ4n) is 2.24. The third-order valence-corrected chi connectivity index (χ3v) is 3.80. The van der Waals surface area contributed by atoms with Crippen LogP contribution in [0, 0.1) is 11.3 Å². The predicted molar refractivity (Wildman–Crippen MR) is 78.6 cm³/mol. The average molecular weight is 287 g/mol. The molecule has 0 spiro atoms. The van der Waals surface area contributed by atoms with Gasteiger partial charge in [0.25, 0.3) is 0 Å². The summed E-state index contributed by atoms with van der Waals surface area (Å²) in [5.41, 5.74) is -0.945. The molecule has 5 heteroatoms. The van der Waals surface area contributed by atoms with Crippen molar-refractivity contribution in [3.63, 3.8) is 0 Å². The Morgan fingerprint density at radius 2 is 1.80 bits per heavy atom. The van der Waals surface area contributed by atoms with E-state index in [1.165, 1.54) is 0 Å². The third-order valence-electron chi connectivity index (χ3n) is 3.80. The van der Waals surface area contributed by atoms with Crippen molar-refractivity contribution in [1.82, 2.24) is 4.90 Å². The zero-order valence-corrected chi connectivity index (χ0v) is 13.4. The number of amides is 1. The second-order valence-corrected chi connectivity index (χ2v) is 5.70. The highest BCUT2D eigenvalue weighted by atomic mass is 16.5. The van der Waals surface area contributed by atoms with Crippen LogP contribution in [-0.4, -0.2) is 48.7 Å². The summed E-state index contributed by atoms with van der Waals surface area (Å²) >= 11 is 0. The number of carbonyl (C=O) groups is 2. The molecule has 0 atom stereocenters. The Bertz CT molecular complexity index is 311. The zero-order valence-electron chi connectivity index (χ0n) is 13.4. The summed E-state index contributed by atoms with van der Waals surface area (Å²) in [5.74, 6) is -0.632. The fraction of sp³-hybridized carbons (Fsp3) is 0.867. The Labute approximate surface area is 122 Å². The standard InChI is InChI=1S/C15H29NO4/c1-6-15(7-2,14(18)19)10-13(17)16(8-9-20-5)11-12(3)4/h12H,6-11H2,1-5H3,(H,18,19). The van der Waals surface area contributed by atoms with Crippen LogP contribution in [0.2, 0.25) is 0 Å². The number of nitrogens with zero attached hydrogens (tertiary/aromatic N) is 1. The highest BCUT2D eigenvalue weighted by molar-refractivity contribution is 5.85. The summed E-state index contributed by atoms with van der Waals surface area (Å²) in [6.07, 6.45) is 0.987. The molecule has 0 bridgehead atoms. The average Bonchev–Trinajstić information content (AvgIpc) is 2.39. The summed E-state index contributed by atoms with van der Waals surface area (Å²) in [6, 6.07) is 0. The van der Waals surface area contributed by atoms with Crippen LogP contribution in [0.25, 0.3) is 0 Å². The number of ether oxygens (including phenoxy) is 1. The van der Waals surface area contributed by atoms with E-state index in [1.54, 1.807) is 12.0 Å². The second kappa shape index (κ2) is 8.95. The van der Waals surface area contributed by atoms with Crippen LogP contribution in [0.5, 0.6) is 0 Å². The van der Waals surface area contributed by atoms with E-state index in [1.807, 2.05) is 27.7 Å². The number of carboxylic acids is 1. The molecule has 0 saturated carbocycles. The quantitative estimate of drug-likeness (QED) is 0.670. The van der Waals surface area contributed by atoms with Gasteiger partial charge < -0.3 is 14.7 Å². The normalized spacial score (nSPS) is 11.7. The smallest absolute Gasteiger partial charge is 0.310 e. The molecule has 0 aliphatic heterocycles. The Morgan fingerprint density at radius 1 is 1.25 bits per heavy atom. The number of carbonyl (C=O) groups excluding carboxylic acids is 1. The van der Waals surface area contributed by atoms with Crippen molar-refractivity contribution in [3.05, 3.63) is 0 Å². The largest absolute Gasteiger partial charge is 0.481 e. The third kappa shape index (κ3) is 5.49. The molecule has 0 rings (SSSR count). The molecule has 5 nitrogen and oxygen atoms in total. The van der Waals surface area contributed by atoms with E-state index in [0.717, 1.165) is 0 Å². The van der Waals surface area contributed by atoms with Gasteiger partial charge in [-0.3, -0.25) is 9.59 Å². The molecule has 0 saturated heterocycles. The molecule has 0 aromatic rings. The van der Waals surface area contributed by atoms with E-state index in [2.05, 4.69) is 0 Å². The number of hydrogen-bond donors (Lipinski definition) is 1. The first-order valence-corrected chi connectivity index (χ1v) is 7.33. The van der Waals surface area contributed by atoms with E-state index < -0.39 is 11.4 Å². The van der Waals surface area contributed by atoms with Gasteiger partial charge in [-0.25, -0.2) is 0 Å². The topological polar surface area (TPSA) is 66.8 Å². The van der Waals surface area contributed by atoms with Gasteiger partial charge in [0, 0.05) is 26.6 Å². The highest BCUT2D eigenvalue weighted by Crippen LogP contribution is 2.31. The van der Waals surface area contributed by atoms with Crippen LogP contribution in [0.1, 0.15) is 47.0 Å². The molecule has 0 aliphatic carbocycles. The van der Waals surface area contributed by atoms with E-state index in [0.29, 0.717) is 38.5 Å². The van der Waals surface area contributed by atoms with Gasteiger partial charge >= 0.3 is 5.97 Å². The van der Waals surface area contributed by atoms with Gasteiger partial charge in [0.05, 0.1) is 12.0 Å². The van der Waals surface area contributed by atoms with Crippen molar-refractivity contribution in [2.24, 2.45) is 11.3 Å². The molecule has 0 aromatic heterocycles. The molecule has 0 unspecified atom stereocenters. The number of carboxylic acid groups (broad SMARTS) is 1. The van der Waals surface area contributed by atoms with Gasteiger partial charge in [0.15, 0.2) is 0 Å². The van der Waals surface area contributed by atoms with Crippen LogP contribution >= 0.6 is 0 Å². The first kappa shape index (κ1) is 18.9. The van der Waals surface area contributed by atoms with E-state index >= 15 is 0 Å². The maximum absolute atomic E-state index is 12.4. The number of hydrogen-bond acceptors (Lipinski definition) is 3. The molecule has 0 radical (unpaired) electrons. The Morgan fingerprint density at radius 3 is 2.15 bits per heavy atom. The lowest BCUT2D eigenvalue weighted by atomic mass is 9.79. The molecule has 118 valence electrons. The number of methoxy groups -OCH3 is 1. The van der Waals surface area contributed by atoms with Crippen LogP contribution < -0.4 is 0 Å². The van der Waals surface area contributed by atoms with Crippen molar-refractivity contribution in [3.8, 4) is 0 Å². The highest BCUT2D eigenvalue weighted by Gasteiger charge is 2.38.